The molecule has 1 rings (SSSR count). The molecule has 0 aliphatic heterocycles. The molecule has 0 fully saturated rings. The van der Waals surface area contributed by atoms with Gasteiger partial charge in [-0.2, -0.15) is 13.1 Å². The molecular weight excluding hydrogens is 200 g/mol. The lowest BCUT2D eigenvalue weighted by atomic mass is 10.2. The van der Waals surface area contributed by atoms with Crippen LogP contribution in [-0.4, -0.2) is 15.0 Å². The summed E-state index contributed by atoms with van der Waals surface area (Å²) in [5, 5.41) is 0. The van der Waals surface area contributed by atoms with Crippen molar-refractivity contribution in [2.24, 2.45) is 0 Å². The Kier molecular flexibility index (Phi) is 3.49. The van der Waals surface area contributed by atoms with Gasteiger partial charge in [0.05, 0.1) is 0 Å². The molecule has 14 heavy (non-hydrogen) atoms. The molecule has 4 nitrogen and oxygen atoms in total. The number of anilines is 1. The zero-order valence-corrected chi connectivity index (χ0v) is 9.06. The summed E-state index contributed by atoms with van der Waals surface area (Å²) in [4.78, 5) is 0. The Morgan fingerprint density at radius 2 is 2.07 bits per heavy atom. The summed E-state index contributed by atoms with van der Waals surface area (Å²) in [5.41, 5.74) is 1.59. The average molecular weight is 214 g/mol. The molecule has 0 saturated carbocycles. The Labute approximate surface area is 84.5 Å². The number of nitrogens with one attached hydrogen (secondary N) is 2. The summed E-state index contributed by atoms with van der Waals surface area (Å²) < 4.78 is 27.4. The molecule has 5 heteroatoms. The van der Waals surface area contributed by atoms with E-state index in [0.717, 1.165) is 5.56 Å². The van der Waals surface area contributed by atoms with Gasteiger partial charge in [-0.05, 0) is 24.6 Å². The van der Waals surface area contributed by atoms with Crippen LogP contribution < -0.4 is 9.44 Å². The quantitative estimate of drug-likeness (QED) is 0.792. The van der Waals surface area contributed by atoms with Crippen LogP contribution in [0.4, 0.5) is 5.69 Å². The van der Waals surface area contributed by atoms with Crippen LogP contribution in [0.25, 0.3) is 0 Å². The van der Waals surface area contributed by atoms with Crippen molar-refractivity contribution in [1.82, 2.24) is 4.72 Å². The monoisotopic (exact) mass is 214 g/mol. The molecule has 0 amide bonds. The molecule has 0 atom stereocenters. The lowest BCUT2D eigenvalue weighted by Crippen LogP contribution is -2.29. The Morgan fingerprint density at radius 3 is 2.64 bits per heavy atom. The van der Waals surface area contributed by atoms with Gasteiger partial charge < -0.3 is 0 Å². The van der Waals surface area contributed by atoms with Gasteiger partial charge in [0, 0.05) is 12.2 Å². The van der Waals surface area contributed by atoms with Crippen molar-refractivity contribution in [2.75, 3.05) is 11.3 Å². The lowest BCUT2D eigenvalue weighted by molar-refractivity contribution is 0.589. The predicted octanol–water partition coefficient (Wildman–Crippen LogP) is 1.26. The number of benzene rings is 1. The first-order valence-electron chi connectivity index (χ1n) is 4.37. The lowest BCUT2D eigenvalue weighted by Gasteiger charge is -2.07. The van der Waals surface area contributed by atoms with E-state index in [1.165, 1.54) is 0 Å². The third-order valence-corrected chi connectivity index (χ3v) is 2.78. The van der Waals surface area contributed by atoms with Gasteiger partial charge >= 0.3 is 0 Å². The number of hydrogen-bond acceptors (Lipinski definition) is 2. The van der Waals surface area contributed by atoms with E-state index >= 15 is 0 Å². The minimum atomic E-state index is -3.40. The number of rotatable bonds is 4. The molecule has 1 aromatic carbocycles. The van der Waals surface area contributed by atoms with Gasteiger partial charge in [0.15, 0.2) is 0 Å². The Balaban J connectivity index is 2.79. The van der Waals surface area contributed by atoms with Crippen molar-refractivity contribution in [3.8, 4) is 0 Å². The standard InChI is InChI=1S/C9H14N2O2S/c1-3-10-14(12,13)11-9-6-4-5-8(2)7-9/h4-7,10-11H,3H2,1-2H3. The number of aryl methyl sites for hydroxylation is 1. The van der Waals surface area contributed by atoms with E-state index in [1.807, 2.05) is 13.0 Å². The fourth-order valence-corrected chi connectivity index (χ4v) is 1.98. The second kappa shape index (κ2) is 4.43. The SMILES string of the molecule is CCNS(=O)(=O)Nc1cccc(C)c1. The normalized spacial score (nSPS) is 11.3. The predicted molar refractivity (Wildman–Crippen MR) is 57.4 cm³/mol. The van der Waals surface area contributed by atoms with E-state index in [-0.39, 0.29) is 0 Å². The third kappa shape index (κ3) is 3.35. The van der Waals surface area contributed by atoms with E-state index in [1.54, 1.807) is 25.1 Å². The molecule has 2 N–H and O–H groups in total. The molecular formula is C9H14N2O2S. The molecule has 1 aromatic rings. The highest BCUT2D eigenvalue weighted by atomic mass is 32.2. The molecule has 0 saturated heterocycles. The van der Waals surface area contributed by atoms with Crippen LogP contribution in [0, 0.1) is 6.92 Å². The largest absolute Gasteiger partial charge is 0.299 e. The zero-order valence-electron chi connectivity index (χ0n) is 8.24. The molecule has 0 aromatic heterocycles. The van der Waals surface area contributed by atoms with Gasteiger partial charge in [-0.25, -0.2) is 0 Å². The number of hydrogen-bond donors (Lipinski definition) is 2. The zero-order chi connectivity index (χ0) is 10.6. The van der Waals surface area contributed by atoms with Gasteiger partial charge in [-0.1, -0.05) is 19.1 Å². The van der Waals surface area contributed by atoms with E-state index in [9.17, 15) is 8.42 Å². The molecule has 0 unspecified atom stereocenters. The van der Waals surface area contributed by atoms with Crippen LogP contribution >= 0.6 is 0 Å². The van der Waals surface area contributed by atoms with Crippen LogP contribution in [0.1, 0.15) is 12.5 Å². The average Bonchev–Trinajstić information content (AvgIpc) is 2.02. The maximum atomic E-state index is 11.3. The minimum absolute atomic E-state index is 0.376. The summed E-state index contributed by atoms with van der Waals surface area (Å²) in [6.45, 7) is 4.02. The summed E-state index contributed by atoms with van der Waals surface area (Å²) in [6, 6.07) is 7.20. The summed E-state index contributed by atoms with van der Waals surface area (Å²) >= 11 is 0. The van der Waals surface area contributed by atoms with E-state index < -0.39 is 10.2 Å². The molecule has 0 heterocycles. The minimum Gasteiger partial charge on any atom is -0.271 e. The Bertz CT molecular complexity index is 401. The van der Waals surface area contributed by atoms with Crippen LogP contribution in [0.15, 0.2) is 24.3 Å². The molecule has 0 spiro atoms. The molecule has 0 aliphatic rings. The van der Waals surface area contributed by atoms with E-state index in [0.29, 0.717) is 12.2 Å². The summed E-state index contributed by atoms with van der Waals surface area (Å²) in [5.74, 6) is 0. The van der Waals surface area contributed by atoms with Crippen molar-refractivity contribution in [1.29, 1.82) is 0 Å². The molecule has 78 valence electrons. The van der Waals surface area contributed by atoms with E-state index in [4.69, 9.17) is 0 Å². The van der Waals surface area contributed by atoms with Crippen LogP contribution in [0.2, 0.25) is 0 Å². The second-order valence-corrected chi connectivity index (χ2v) is 4.47. The summed E-state index contributed by atoms with van der Waals surface area (Å²) in [6.07, 6.45) is 0. The first kappa shape index (κ1) is 11.0. The highest BCUT2D eigenvalue weighted by molar-refractivity contribution is 7.90. The third-order valence-electron chi connectivity index (χ3n) is 1.60. The van der Waals surface area contributed by atoms with Crippen LogP contribution in [0.5, 0.6) is 0 Å². The Hall–Kier alpha value is -1.07. The second-order valence-electron chi connectivity index (χ2n) is 2.97. The van der Waals surface area contributed by atoms with E-state index in [2.05, 4.69) is 9.44 Å². The molecule has 0 aliphatic carbocycles. The highest BCUT2D eigenvalue weighted by Crippen LogP contribution is 2.10. The van der Waals surface area contributed by atoms with Gasteiger partial charge in [-0.15, -0.1) is 0 Å². The molecule has 0 bridgehead atoms. The smallest absolute Gasteiger partial charge is 0.271 e. The fourth-order valence-electron chi connectivity index (χ4n) is 1.09. The first-order valence-corrected chi connectivity index (χ1v) is 5.86. The topological polar surface area (TPSA) is 58.2 Å². The maximum Gasteiger partial charge on any atom is 0.299 e. The van der Waals surface area contributed by atoms with Crippen molar-refractivity contribution in [3.05, 3.63) is 29.8 Å². The maximum absolute atomic E-state index is 11.3. The molecule has 0 radical (unpaired) electrons. The first-order chi connectivity index (χ1) is 6.53. The van der Waals surface area contributed by atoms with Crippen LogP contribution in [-0.2, 0) is 10.2 Å². The van der Waals surface area contributed by atoms with Crippen molar-refractivity contribution in [3.63, 3.8) is 0 Å². The van der Waals surface area contributed by atoms with Gasteiger partial charge in [0.2, 0.25) is 0 Å². The van der Waals surface area contributed by atoms with Crippen molar-refractivity contribution >= 4 is 15.9 Å². The van der Waals surface area contributed by atoms with Crippen molar-refractivity contribution in [2.45, 2.75) is 13.8 Å². The Morgan fingerprint density at radius 1 is 1.36 bits per heavy atom. The van der Waals surface area contributed by atoms with Gasteiger partial charge in [0.1, 0.15) is 0 Å². The van der Waals surface area contributed by atoms with Crippen LogP contribution in [0.3, 0.4) is 0 Å². The van der Waals surface area contributed by atoms with Crippen molar-refractivity contribution < 1.29 is 8.42 Å². The summed E-state index contributed by atoms with van der Waals surface area (Å²) in [7, 11) is -3.40. The van der Waals surface area contributed by atoms with Gasteiger partial charge in [-0.3, -0.25) is 4.72 Å². The fraction of sp³-hybridized carbons (Fsp3) is 0.333. The van der Waals surface area contributed by atoms with Gasteiger partial charge in [0.25, 0.3) is 10.2 Å². The highest BCUT2D eigenvalue weighted by Gasteiger charge is 2.06.